The highest BCUT2D eigenvalue weighted by Gasteiger charge is 2.38. The van der Waals surface area contributed by atoms with Gasteiger partial charge in [-0.3, -0.25) is 4.79 Å². The van der Waals surface area contributed by atoms with E-state index in [0.29, 0.717) is 5.92 Å². The van der Waals surface area contributed by atoms with Crippen LogP contribution in [-0.4, -0.2) is 35.6 Å². The Morgan fingerprint density at radius 2 is 2.11 bits per heavy atom. The van der Waals surface area contributed by atoms with Crippen molar-refractivity contribution < 1.29 is 9.90 Å². The minimum Gasteiger partial charge on any atom is -0.481 e. The third-order valence-corrected chi connectivity index (χ3v) is 4.99. The number of likely N-dealkylation sites (tertiary alicyclic amines) is 1. The van der Waals surface area contributed by atoms with Crippen LogP contribution >= 0.6 is 0 Å². The van der Waals surface area contributed by atoms with E-state index in [-0.39, 0.29) is 5.92 Å². The Morgan fingerprint density at radius 3 is 2.72 bits per heavy atom. The molecule has 1 heterocycles. The van der Waals surface area contributed by atoms with Crippen molar-refractivity contribution >= 4 is 5.97 Å². The van der Waals surface area contributed by atoms with Gasteiger partial charge in [0.1, 0.15) is 0 Å². The van der Waals surface area contributed by atoms with Crippen molar-refractivity contribution in [2.45, 2.75) is 26.2 Å². The van der Waals surface area contributed by atoms with E-state index in [9.17, 15) is 9.90 Å². The van der Waals surface area contributed by atoms with E-state index in [1.807, 2.05) is 0 Å². The number of fused-ring (bicyclic) bond motifs is 2. The monoisotopic (exact) mass is 249 g/mol. The lowest BCUT2D eigenvalue weighted by atomic mass is 9.88. The number of piperidine rings is 1. The molecule has 0 aromatic heterocycles. The average Bonchev–Trinajstić information content (AvgIpc) is 2.90. The van der Waals surface area contributed by atoms with Gasteiger partial charge in [0.15, 0.2) is 0 Å². The molecule has 5 atom stereocenters. The molecule has 100 valence electrons. The van der Waals surface area contributed by atoms with Gasteiger partial charge < -0.3 is 10.0 Å². The summed E-state index contributed by atoms with van der Waals surface area (Å²) in [5.41, 5.74) is 0. The first-order valence-corrected chi connectivity index (χ1v) is 7.25. The van der Waals surface area contributed by atoms with E-state index in [2.05, 4.69) is 24.0 Å². The summed E-state index contributed by atoms with van der Waals surface area (Å²) in [5.74, 6) is 2.13. The van der Waals surface area contributed by atoms with Gasteiger partial charge in [0.25, 0.3) is 0 Å². The zero-order valence-corrected chi connectivity index (χ0v) is 11.1. The second-order valence-corrected chi connectivity index (χ2v) is 6.63. The minimum absolute atomic E-state index is 0.150. The van der Waals surface area contributed by atoms with Gasteiger partial charge in [0.2, 0.25) is 0 Å². The molecule has 1 saturated heterocycles. The Bertz CT molecular complexity index is 366. The van der Waals surface area contributed by atoms with Crippen LogP contribution in [0.1, 0.15) is 26.2 Å². The summed E-state index contributed by atoms with van der Waals surface area (Å²) < 4.78 is 0. The van der Waals surface area contributed by atoms with Gasteiger partial charge in [-0.25, -0.2) is 0 Å². The summed E-state index contributed by atoms with van der Waals surface area (Å²) in [4.78, 5) is 13.6. The Balaban J connectivity index is 1.59. The normalized spacial score (nSPS) is 43.5. The van der Waals surface area contributed by atoms with Gasteiger partial charge in [0, 0.05) is 19.6 Å². The molecule has 2 bridgehead atoms. The molecule has 18 heavy (non-hydrogen) atoms. The second kappa shape index (κ2) is 4.69. The SMILES string of the molecule is CC1CC(C(=O)O)CN(CC2CC3C=CC2C3)C1. The first kappa shape index (κ1) is 12.2. The Morgan fingerprint density at radius 1 is 1.28 bits per heavy atom. The molecular formula is C15H23NO2. The number of carbonyl (C=O) groups is 1. The number of carboxylic acids is 1. The zero-order valence-electron chi connectivity index (χ0n) is 11.1. The average molecular weight is 249 g/mol. The highest BCUT2D eigenvalue weighted by atomic mass is 16.4. The maximum Gasteiger partial charge on any atom is 0.307 e. The Kier molecular flexibility index (Phi) is 3.18. The van der Waals surface area contributed by atoms with Crippen molar-refractivity contribution in [3.8, 4) is 0 Å². The Hall–Kier alpha value is -0.830. The fraction of sp³-hybridized carbons (Fsp3) is 0.800. The molecule has 0 amide bonds. The minimum atomic E-state index is -0.612. The number of carboxylic acid groups (broad SMARTS) is 1. The molecule has 3 aliphatic rings. The first-order chi connectivity index (χ1) is 8.61. The molecule has 3 rings (SSSR count). The number of allylic oxidation sites excluding steroid dienone is 2. The van der Waals surface area contributed by atoms with Crippen molar-refractivity contribution in [1.82, 2.24) is 4.90 Å². The molecule has 2 aliphatic carbocycles. The molecule has 5 unspecified atom stereocenters. The van der Waals surface area contributed by atoms with Crippen LogP contribution in [0.4, 0.5) is 0 Å². The van der Waals surface area contributed by atoms with Gasteiger partial charge in [-0.15, -0.1) is 0 Å². The fourth-order valence-electron chi connectivity index (χ4n) is 4.23. The molecule has 1 N–H and O–H groups in total. The number of hydrogen-bond acceptors (Lipinski definition) is 2. The standard InChI is InChI=1S/C15H23NO2/c1-10-4-14(15(17)18)9-16(7-10)8-13-6-11-2-3-12(13)5-11/h2-3,10-14H,4-9H2,1H3,(H,17,18). The molecular weight excluding hydrogens is 226 g/mol. The molecule has 2 fully saturated rings. The van der Waals surface area contributed by atoms with Crippen LogP contribution in [0.25, 0.3) is 0 Å². The van der Waals surface area contributed by atoms with E-state index in [1.54, 1.807) is 0 Å². The van der Waals surface area contributed by atoms with Crippen molar-refractivity contribution in [1.29, 1.82) is 0 Å². The van der Waals surface area contributed by atoms with E-state index in [4.69, 9.17) is 0 Å². The van der Waals surface area contributed by atoms with Crippen LogP contribution in [0.15, 0.2) is 12.2 Å². The van der Waals surface area contributed by atoms with Crippen LogP contribution in [0.3, 0.4) is 0 Å². The summed E-state index contributed by atoms with van der Waals surface area (Å²) in [6, 6.07) is 0. The molecule has 0 aromatic carbocycles. The van der Waals surface area contributed by atoms with Crippen molar-refractivity contribution in [2.75, 3.05) is 19.6 Å². The van der Waals surface area contributed by atoms with Gasteiger partial charge >= 0.3 is 5.97 Å². The fourth-order valence-corrected chi connectivity index (χ4v) is 4.23. The smallest absolute Gasteiger partial charge is 0.307 e. The predicted octanol–water partition coefficient (Wildman–Crippen LogP) is 2.24. The maximum atomic E-state index is 11.2. The van der Waals surface area contributed by atoms with Crippen molar-refractivity contribution in [2.24, 2.45) is 29.6 Å². The lowest BCUT2D eigenvalue weighted by Gasteiger charge is -2.37. The molecule has 0 spiro atoms. The number of hydrogen-bond donors (Lipinski definition) is 1. The lowest BCUT2D eigenvalue weighted by Crippen LogP contribution is -2.44. The van der Waals surface area contributed by atoms with Crippen molar-refractivity contribution in [3.63, 3.8) is 0 Å². The Labute approximate surface area is 109 Å². The largest absolute Gasteiger partial charge is 0.481 e. The topological polar surface area (TPSA) is 40.5 Å². The highest BCUT2D eigenvalue weighted by molar-refractivity contribution is 5.70. The summed E-state index contributed by atoms with van der Waals surface area (Å²) in [6.45, 7) is 5.14. The predicted molar refractivity (Wildman–Crippen MR) is 70.2 cm³/mol. The highest BCUT2D eigenvalue weighted by Crippen LogP contribution is 2.44. The van der Waals surface area contributed by atoms with Gasteiger partial charge in [-0.05, 0) is 42.9 Å². The molecule has 3 nitrogen and oxygen atoms in total. The molecule has 0 aromatic rings. The quantitative estimate of drug-likeness (QED) is 0.780. The van der Waals surface area contributed by atoms with Gasteiger partial charge in [-0.1, -0.05) is 19.1 Å². The molecule has 3 heteroatoms. The van der Waals surface area contributed by atoms with Crippen LogP contribution in [-0.2, 0) is 4.79 Å². The van der Waals surface area contributed by atoms with Crippen LogP contribution in [0.5, 0.6) is 0 Å². The van der Waals surface area contributed by atoms with Crippen LogP contribution < -0.4 is 0 Å². The van der Waals surface area contributed by atoms with Gasteiger partial charge in [-0.2, -0.15) is 0 Å². The summed E-state index contributed by atoms with van der Waals surface area (Å²) in [6.07, 6.45) is 8.28. The third-order valence-electron chi connectivity index (χ3n) is 4.99. The number of rotatable bonds is 3. The number of aliphatic carboxylic acids is 1. The lowest BCUT2D eigenvalue weighted by molar-refractivity contribution is -0.144. The summed E-state index contributed by atoms with van der Waals surface area (Å²) in [5, 5.41) is 9.20. The molecule has 1 saturated carbocycles. The van der Waals surface area contributed by atoms with Gasteiger partial charge in [0.05, 0.1) is 5.92 Å². The van der Waals surface area contributed by atoms with Crippen molar-refractivity contribution in [3.05, 3.63) is 12.2 Å². The zero-order chi connectivity index (χ0) is 12.7. The van der Waals surface area contributed by atoms with E-state index >= 15 is 0 Å². The van der Waals surface area contributed by atoms with E-state index < -0.39 is 5.97 Å². The van der Waals surface area contributed by atoms with Crippen LogP contribution in [0.2, 0.25) is 0 Å². The second-order valence-electron chi connectivity index (χ2n) is 6.63. The maximum absolute atomic E-state index is 11.2. The van der Waals surface area contributed by atoms with Crippen LogP contribution in [0, 0.1) is 29.6 Å². The van der Waals surface area contributed by atoms with E-state index in [0.717, 1.165) is 43.8 Å². The summed E-state index contributed by atoms with van der Waals surface area (Å²) >= 11 is 0. The van der Waals surface area contributed by atoms with E-state index in [1.165, 1.54) is 12.8 Å². The third kappa shape index (κ3) is 2.33. The summed E-state index contributed by atoms with van der Waals surface area (Å²) in [7, 11) is 0. The first-order valence-electron chi connectivity index (χ1n) is 7.25. The number of nitrogens with zero attached hydrogens (tertiary/aromatic N) is 1. The molecule has 1 aliphatic heterocycles. The molecule has 0 radical (unpaired) electrons.